The van der Waals surface area contributed by atoms with E-state index in [-0.39, 0.29) is 18.1 Å². The average molecular weight is 349 g/mol. The van der Waals surface area contributed by atoms with Crippen LogP contribution >= 0.6 is 0 Å². The monoisotopic (exact) mass is 349 g/mol. The van der Waals surface area contributed by atoms with Gasteiger partial charge in [0.05, 0.1) is 18.4 Å². The molecule has 0 aromatic carbocycles. The van der Waals surface area contributed by atoms with E-state index in [0.717, 1.165) is 12.0 Å². The van der Waals surface area contributed by atoms with Crippen molar-refractivity contribution in [3.63, 3.8) is 0 Å². The number of pyridine rings is 1. The van der Waals surface area contributed by atoms with E-state index < -0.39 is 5.60 Å². The lowest BCUT2D eigenvalue weighted by molar-refractivity contribution is 0.0293. The van der Waals surface area contributed by atoms with Gasteiger partial charge >= 0.3 is 12.1 Å². The number of anilines is 1. The average Bonchev–Trinajstić information content (AvgIpc) is 2.93. The third kappa shape index (κ3) is 4.84. The Balaban J connectivity index is 2.02. The summed E-state index contributed by atoms with van der Waals surface area (Å²) in [5.74, 6) is 0.310. The van der Waals surface area contributed by atoms with Gasteiger partial charge in [0.15, 0.2) is 0 Å². The number of aryl methyl sites for hydroxylation is 2. The van der Waals surface area contributed by atoms with Crippen LogP contribution in [0.2, 0.25) is 0 Å². The highest BCUT2D eigenvalue weighted by Crippen LogP contribution is 2.21. The molecule has 1 aliphatic heterocycles. The fraction of sp³-hybridized carbons (Fsp3) is 0.611. The summed E-state index contributed by atoms with van der Waals surface area (Å²) in [4.78, 5) is 30.1. The summed E-state index contributed by atoms with van der Waals surface area (Å²) in [5.41, 5.74) is 1.43. The zero-order valence-corrected chi connectivity index (χ0v) is 15.8. The fourth-order valence-electron chi connectivity index (χ4n) is 2.90. The van der Waals surface area contributed by atoms with Crippen LogP contribution in [0.1, 0.15) is 48.8 Å². The topological polar surface area (TPSA) is 80.8 Å². The molecule has 1 aliphatic rings. The SMILES string of the molecule is COC(=O)c1c(C)cc(N[C@H]2CCN(C(=O)OC(C)(C)C)C2)nc1C. The van der Waals surface area contributed by atoms with E-state index in [9.17, 15) is 9.59 Å². The number of rotatable bonds is 3. The molecule has 0 unspecified atom stereocenters. The highest BCUT2D eigenvalue weighted by atomic mass is 16.6. The number of carbonyl (C=O) groups is 2. The van der Waals surface area contributed by atoms with Crippen LogP contribution in [-0.4, -0.2) is 53.8 Å². The number of carbonyl (C=O) groups excluding carboxylic acids is 2. The molecule has 7 heteroatoms. The summed E-state index contributed by atoms with van der Waals surface area (Å²) in [5, 5.41) is 3.34. The molecule has 1 atom stereocenters. The van der Waals surface area contributed by atoms with Crippen LogP contribution in [0.25, 0.3) is 0 Å². The minimum atomic E-state index is -0.498. The Morgan fingerprint density at radius 3 is 2.56 bits per heavy atom. The summed E-state index contributed by atoms with van der Waals surface area (Å²) in [6, 6.07) is 1.93. The highest BCUT2D eigenvalue weighted by molar-refractivity contribution is 5.92. The number of methoxy groups -OCH3 is 1. The molecular weight excluding hydrogens is 322 g/mol. The zero-order chi connectivity index (χ0) is 18.8. The molecule has 1 amide bonds. The third-order valence-corrected chi connectivity index (χ3v) is 3.98. The quantitative estimate of drug-likeness (QED) is 0.845. The van der Waals surface area contributed by atoms with Crippen LogP contribution < -0.4 is 5.32 Å². The van der Waals surface area contributed by atoms with Gasteiger partial charge in [0, 0.05) is 19.1 Å². The van der Waals surface area contributed by atoms with Gasteiger partial charge in [-0.05, 0) is 52.7 Å². The maximum atomic E-state index is 12.1. The van der Waals surface area contributed by atoms with Crippen LogP contribution in [-0.2, 0) is 9.47 Å². The third-order valence-electron chi connectivity index (χ3n) is 3.98. The van der Waals surface area contributed by atoms with Crippen molar-refractivity contribution in [2.45, 2.75) is 52.7 Å². The lowest BCUT2D eigenvalue weighted by atomic mass is 10.1. The van der Waals surface area contributed by atoms with Gasteiger partial charge in [-0.15, -0.1) is 0 Å². The van der Waals surface area contributed by atoms with Crippen molar-refractivity contribution in [2.75, 3.05) is 25.5 Å². The van der Waals surface area contributed by atoms with Gasteiger partial charge in [-0.1, -0.05) is 0 Å². The van der Waals surface area contributed by atoms with E-state index in [1.54, 1.807) is 11.8 Å². The zero-order valence-electron chi connectivity index (χ0n) is 15.8. The molecule has 1 fully saturated rings. The number of amides is 1. The maximum absolute atomic E-state index is 12.1. The molecule has 0 bridgehead atoms. The number of ether oxygens (including phenoxy) is 2. The number of hydrogen-bond donors (Lipinski definition) is 1. The summed E-state index contributed by atoms with van der Waals surface area (Å²) < 4.78 is 10.2. The number of likely N-dealkylation sites (tertiary alicyclic amines) is 1. The van der Waals surface area contributed by atoms with E-state index in [1.807, 2.05) is 33.8 Å². The molecule has 1 saturated heterocycles. The number of esters is 1. The minimum Gasteiger partial charge on any atom is -0.465 e. The lowest BCUT2D eigenvalue weighted by Crippen LogP contribution is -2.36. The molecule has 138 valence electrons. The van der Waals surface area contributed by atoms with E-state index >= 15 is 0 Å². The molecule has 0 radical (unpaired) electrons. The van der Waals surface area contributed by atoms with Crippen molar-refractivity contribution in [1.82, 2.24) is 9.88 Å². The highest BCUT2D eigenvalue weighted by Gasteiger charge is 2.30. The fourth-order valence-corrected chi connectivity index (χ4v) is 2.90. The van der Waals surface area contributed by atoms with Gasteiger partial charge < -0.3 is 19.7 Å². The van der Waals surface area contributed by atoms with Gasteiger partial charge in [-0.25, -0.2) is 14.6 Å². The molecular formula is C18H27N3O4. The molecule has 2 rings (SSSR count). The van der Waals surface area contributed by atoms with Crippen molar-refractivity contribution in [1.29, 1.82) is 0 Å². The Morgan fingerprint density at radius 2 is 2.00 bits per heavy atom. The number of nitrogens with zero attached hydrogens (tertiary/aromatic N) is 2. The Bertz CT molecular complexity index is 644. The van der Waals surface area contributed by atoms with Crippen molar-refractivity contribution < 1.29 is 19.1 Å². The summed E-state index contributed by atoms with van der Waals surface area (Å²) in [6.45, 7) is 10.4. The number of hydrogen-bond acceptors (Lipinski definition) is 6. The summed E-state index contributed by atoms with van der Waals surface area (Å²) in [6.07, 6.45) is 0.524. The van der Waals surface area contributed by atoms with Gasteiger partial charge in [0.1, 0.15) is 11.4 Å². The standard InChI is InChI=1S/C18H27N3O4/c1-11-9-14(19-12(2)15(11)16(22)24-6)20-13-7-8-21(10-13)17(23)25-18(3,4)5/h9,13H,7-8,10H2,1-6H3,(H,19,20)/t13-/m0/s1. The molecule has 1 N–H and O–H groups in total. The normalized spacial score (nSPS) is 17.4. The second-order valence-corrected chi connectivity index (χ2v) is 7.33. The Labute approximate surface area is 148 Å². The van der Waals surface area contributed by atoms with E-state index in [1.165, 1.54) is 7.11 Å². The summed E-state index contributed by atoms with van der Waals surface area (Å²) >= 11 is 0. The first-order chi connectivity index (χ1) is 11.6. The van der Waals surface area contributed by atoms with Crippen LogP contribution in [0.4, 0.5) is 10.6 Å². The van der Waals surface area contributed by atoms with Crippen molar-refractivity contribution in [3.8, 4) is 0 Å². The second kappa shape index (κ2) is 7.29. The molecule has 2 heterocycles. The Morgan fingerprint density at radius 1 is 1.32 bits per heavy atom. The lowest BCUT2D eigenvalue weighted by Gasteiger charge is -2.24. The first-order valence-corrected chi connectivity index (χ1v) is 8.41. The smallest absolute Gasteiger partial charge is 0.410 e. The Kier molecular flexibility index (Phi) is 5.55. The van der Waals surface area contributed by atoms with Crippen molar-refractivity contribution in [3.05, 3.63) is 22.9 Å². The first kappa shape index (κ1) is 19.0. The van der Waals surface area contributed by atoms with Crippen molar-refractivity contribution in [2.24, 2.45) is 0 Å². The predicted octanol–water partition coefficient (Wildman–Crippen LogP) is 2.91. The largest absolute Gasteiger partial charge is 0.465 e. The second-order valence-electron chi connectivity index (χ2n) is 7.33. The van der Waals surface area contributed by atoms with Crippen molar-refractivity contribution >= 4 is 17.9 Å². The summed E-state index contributed by atoms with van der Waals surface area (Å²) in [7, 11) is 1.36. The molecule has 25 heavy (non-hydrogen) atoms. The van der Waals surface area contributed by atoms with Crippen LogP contribution in [0.5, 0.6) is 0 Å². The Hall–Kier alpha value is -2.31. The number of aromatic nitrogens is 1. The molecule has 7 nitrogen and oxygen atoms in total. The molecule has 0 saturated carbocycles. The van der Waals surface area contributed by atoms with Gasteiger partial charge in [-0.3, -0.25) is 0 Å². The van der Waals surface area contributed by atoms with Crippen LogP contribution in [0.15, 0.2) is 6.07 Å². The maximum Gasteiger partial charge on any atom is 0.410 e. The predicted molar refractivity (Wildman–Crippen MR) is 94.9 cm³/mol. The molecule has 0 spiro atoms. The molecule has 1 aromatic rings. The van der Waals surface area contributed by atoms with Gasteiger partial charge in [0.2, 0.25) is 0 Å². The minimum absolute atomic E-state index is 0.0998. The van der Waals surface area contributed by atoms with Gasteiger partial charge in [-0.2, -0.15) is 0 Å². The van der Waals surface area contributed by atoms with E-state index in [0.29, 0.717) is 30.2 Å². The molecule has 0 aliphatic carbocycles. The first-order valence-electron chi connectivity index (χ1n) is 8.41. The molecule has 1 aromatic heterocycles. The van der Waals surface area contributed by atoms with Crippen LogP contribution in [0.3, 0.4) is 0 Å². The van der Waals surface area contributed by atoms with E-state index in [2.05, 4.69) is 10.3 Å². The number of nitrogens with one attached hydrogen (secondary N) is 1. The van der Waals surface area contributed by atoms with E-state index in [4.69, 9.17) is 9.47 Å². The van der Waals surface area contributed by atoms with Crippen LogP contribution in [0, 0.1) is 13.8 Å². The van der Waals surface area contributed by atoms with Gasteiger partial charge in [0.25, 0.3) is 0 Å².